The van der Waals surface area contributed by atoms with E-state index in [2.05, 4.69) is 27.2 Å². The quantitative estimate of drug-likeness (QED) is 0.917. The molecule has 0 aliphatic carbocycles. The van der Waals surface area contributed by atoms with E-state index < -0.39 is 0 Å². The minimum absolute atomic E-state index is 0.0927. The lowest BCUT2D eigenvalue weighted by molar-refractivity contribution is 0.208. The summed E-state index contributed by atoms with van der Waals surface area (Å²) in [4.78, 5) is 22.1. The van der Waals surface area contributed by atoms with Gasteiger partial charge in [0, 0.05) is 50.4 Å². The first kappa shape index (κ1) is 14.8. The maximum Gasteiger partial charge on any atom is 0.323 e. The van der Waals surface area contributed by atoms with Crippen molar-refractivity contribution in [2.75, 3.05) is 36.4 Å². The smallest absolute Gasteiger partial charge is 0.323 e. The van der Waals surface area contributed by atoms with Crippen LogP contribution in [0.25, 0.3) is 0 Å². The maximum atomic E-state index is 12.2. The number of amides is 2. The van der Waals surface area contributed by atoms with Crippen LogP contribution in [0.5, 0.6) is 0 Å². The molecule has 0 bridgehead atoms. The largest absolute Gasteiger partial charge is 0.345 e. The summed E-state index contributed by atoms with van der Waals surface area (Å²) in [5.41, 5.74) is 1.09. The van der Waals surface area contributed by atoms with Crippen molar-refractivity contribution < 1.29 is 4.79 Å². The predicted molar refractivity (Wildman–Crippen MR) is 87.6 cm³/mol. The second kappa shape index (κ2) is 5.96. The van der Waals surface area contributed by atoms with Crippen LogP contribution >= 0.6 is 11.3 Å². The highest BCUT2D eigenvalue weighted by molar-refractivity contribution is 7.15. The van der Waals surface area contributed by atoms with Gasteiger partial charge in [-0.05, 0) is 13.8 Å². The summed E-state index contributed by atoms with van der Waals surface area (Å²) >= 11 is 1.72. The lowest BCUT2D eigenvalue weighted by Crippen LogP contribution is -2.50. The van der Waals surface area contributed by atoms with E-state index in [1.54, 1.807) is 28.3 Å². The third-order valence-corrected chi connectivity index (χ3v) is 4.94. The Morgan fingerprint density at radius 3 is 2.55 bits per heavy atom. The molecule has 2 aromatic rings. The van der Waals surface area contributed by atoms with Crippen molar-refractivity contribution in [3.05, 3.63) is 22.8 Å². The summed E-state index contributed by atoms with van der Waals surface area (Å²) < 4.78 is 1.67. The first-order valence-electron chi connectivity index (χ1n) is 7.27. The van der Waals surface area contributed by atoms with E-state index in [0.29, 0.717) is 18.9 Å². The molecule has 1 fully saturated rings. The number of anilines is 2. The van der Waals surface area contributed by atoms with Crippen molar-refractivity contribution in [3.63, 3.8) is 0 Å². The molecule has 1 aliphatic rings. The van der Waals surface area contributed by atoms with E-state index in [1.165, 1.54) is 4.88 Å². The van der Waals surface area contributed by atoms with Crippen LogP contribution in [0.3, 0.4) is 0 Å². The Balaban J connectivity index is 1.56. The highest BCUT2D eigenvalue weighted by atomic mass is 32.1. The summed E-state index contributed by atoms with van der Waals surface area (Å²) in [6.45, 7) is 7.12. The first-order valence-corrected chi connectivity index (χ1v) is 8.09. The van der Waals surface area contributed by atoms with Gasteiger partial charge in [-0.1, -0.05) is 0 Å². The Bertz CT molecular complexity index is 651. The molecular weight excluding hydrogens is 300 g/mol. The minimum atomic E-state index is -0.0927. The SMILES string of the molecule is Cc1nc(N2CCN(C(=O)Nc3ccn(C)n3)CC2)sc1C. The molecule has 0 radical (unpaired) electrons. The fourth-order valence-corrected chi connectivity index (χ4v) is 3.32. The van der Waals surface area contributed by atoms with Gasteiger partial charge in [0.2, 0.25) is 0 Å². The Morgan fingerprint density at radius 2 is 2.00 bits per heavy atom. The van der Waals surface area contributed by atoms with Gasteiger partial charge >= 0.3 is 6.03 Å². The van der Waals surface area contributed by atoms with E-state index >= 15 is 0 Å². The first-order chi connectivity index (χ1) is 10.5. The molecule has 1 saturated heterocycles. The van der Waals surface area contributed by atoms with Crippen LogP contribution in [0.4, 0.5) is 15.7 Å². The normalized spacial score (nSPS) is 15.2. The molecule has 8 heteroatoms. The molecule has 3 heterocycles. The third kappa shape index (κ3) is 3.06. The Hall–Kier alpha value is -2.09. The third-order valence-electron chi connectivity index (χ3n) is 3.80. The topological polar surface area (TPSA) is 66.3 Å². The van der Waals surface area contributed by atoms with E-state index in [4.69, 9.17) is 0 Å². The average Bonchev–Trinajstić information content (AvgIpc) is 3.05. The molecule has 0 saturated carbocycles. The number of thiazole rings is 1. The Morgan fingerprint density at radius 1 is 1.27 bits per heavy atom. The molecule has 1 aliphatic heterocycles. The van der Waals surface area contributed by atoms with E-state index in [0.717, 1.165) is 23.9 Å². The van der Waals surface area contributed by atoms with Gasteiger partial charge in [-0.3, -0.25) is 10.00 Å². The fraction of sp³-hybridized carbons (Fsp3) is 0.500. The van der Waals surface area contributed by atoms with Crippen molar-refractivity contribution >= 4 is 28.3 Å². The maximum absolute atomic E-state index is 12.2. The van der Waals surface area contributed by atoms with Gasteiger partial charge in [0.25, 0.3) is 0 Å². The van der Waals surface area contributed by atoms with Gasteiger partial charge in [0.05, 0.1) is 5.69 Å². The molecule has 3 rings (SSSR count). The number of rotatable bonds is 2. The summed E-state index contributed by atoms with van der Waals surface area (Å²) in [5.74, 6) is 0.584. The minimum Gasteiger partial charge on any atom is -0.345 e. The molecule has 1 N–H and O–H groups in total. The number of nitrogens with one attached hydrogen (secondary N) is 1. The Kier molecular flexibility index (Phi) is 4.02. The van der Waals surface area contributed by atoms with Crippen molar-refractivity contribution in [3.8, 4) is 0 Å². The summed E-state index contributed by atoms with van der Waals surface area (Å²) in [6.07, 6.45) is 1.81. The van der Waals surface area contributed by atoms with Crippen molar-refractivity contribution in [1.29, 1.82) is 0 Å². The lowest BCUT2D eigenvalue weighted by Gasteiger charge is -2.34. The van der Waals surface area contributed by atoms with E-state index in [9.17, 15) is 4.79 Å². The van der Waals surface area contributed by atoms with E-state index in [-0.39, 0.29) is 6.03 Å². The van der Waals surface area contributed by atoms with E-state index in [1.807, 2.05) is 18.9 Å². The standard InChI is InChI=1S/C14H20N6OS/c1-10-11(2)22-14(15-10)20-8-6-19(7-9-20)13(21)16-12-4-5-18(3)17-12/h4-5H,6-9H2,1-3H3,(H,16,17,21). The molecule has 2 aromatic heterocycles. The van der Waals surface area contributed by atoms with Crippen molar-refractivity contribution in [2.45, 2.75) is 13.8 Å². The summed E-state index contributed by atoms with van der Waals surface area (Å²) in [5, 5.41) is 8.04. The molecule has 0 spiro atoms. The number of aromatic nitrogens is 3. The van der Waals surface area contributed by atoms with Gasteiger partial charge in [-0.2, -0.15) is 5.10 Å². The van der Waals surface area contributed by atoms with Crippen LogP contribution < -0.4 is 10.2 Å². The summed E-state index contributed by atoms with van der Waals surface area (Å²) in [7, 11) is 1.83. The number of nitrogens with zero attached hydrogens (tertiary/aromatic N) is 5. The van der Waals surface area contributed by atoms with Gasteiger partial charge in [0.1, 0.15) is 0 Å². The Labute approximate surface area is 133 Å². The van der Waals surface area contributed by atoms with Gasteiger partial charge in [-0.25, -0.2) is 9.78 Å². The van der Waals surface area contributed by atoms with Gasteiger partial charge in [0.15, 0.2) is 10.9 Å². The van der Waals surface area contributed by atoms with Crippen LogP contribution in [-0.4, -0.2) is 51.9 Å². The van der Waals surface area contributed by atoms with Crippen molar-refractivity contribution in [2.24, 2.45) is 7.05 Å². The van der Waals surface area contributed by atoms with Crippen LogP contribution in [0.1, 0.15) is 10.6 Å². The number of hydrogen-bond acceptors (Lipinski definition) is 5. The number of hydrogen-bond donors (Lipinski definition) is 1. The number of urea groups is 1. The molecule has 0 aromatic carbocycles. The predicted octanol–water partition coefficient (Wildman–Crippen LogP) is 1.85. The zero-order chi connectivity index (χ0) is 15.7. The van der Waals surface area contributed by atoms with Gasteiger partial charge in [-0.15, -0.1) is 11.3 Å². The number of aryl methyl sites for hydroxylation is 3. The molecule has 118 valence electrons. The lowest BCUT2D eigenvalue weighted by atomic mass is 10.3. The van der Waals surface area contributed by atoms with Crippen molar-refractivity contribution in [1.82, 2.24) is 19.7 Å². The molecular formula is C14H20N6OS. The zero-order valence-electron chi connectivity index (χ0n) is 13.0. The molecule has 0 atom stereocenters. The molecule has 0 unspecified atom stereocenters. The summed E-state index contributed by atoms with van der Waals surface area (Å²) in [6, 6.07) is 1.69. The highest BCUT2D eigenvalue weighted by Gasteiger charge is 2.23. The highest BCUT2D eigenvalue weighted by Crippen LogP contribution is 2.26. The van der Waals surface area contributed by atoms with Gasteiger partial charge < -0.3 is 9.80 Å². The molecule has 7 nitrogen and oxygen atoms in total. The van der Waals surface area contributed by atoms with Crippen LogP contribution in [-0.2, 0) is 7.05 Å². The number of carbonyl (C=O) groups is 1. The number of carbonyl (C=O) groups excluding carboxylic acids is 1. The number of piperazine rings is 1. The molecule has 2 amide bonds. The monoisotopic (exact) mass is 320 g/mol. The average molecular weight is 320 g/mol. The van der Waals surface area contributed by atoms with Crippen LogP contribution in [0.15, 0.2) is 12.3 Å². The second-order valence-corrected chi connectivity index (χ2v) is 6.60. The molecule has 22 heavy (non-hydrogen) atoms. The van der Waals surface area contributed by atoms with Crippen LogP contribution in [0, 0.1) is 13.8 Å². The van der Waals surface area contributed by atoms with Crippen LogP contribution in [0.2, 0.25) is 0 Å². The fourth-order valence-electron chi connectivity index (χ4n) is 2.36. The second-order valence-electron chi connectivity index (χ2n) is 5.42. The zero-order valence-corrected chi connectivity index (χ0v) is 13.9.